The molecular formula is C44H46N2O2P2. The van der Waals surface area contributed by atoms with Gasteiger partial charge in [0.15, 0.2) is 0 Å². The Kier molecular flexibility index (Phi) is 12.5. The molecule has 0 aliphatic heterocycles. The summed E-state index contributed by atoms with van der Waals surface area (Å²) in [5.41, 5.74) is 2.29. The van der Waals surface area contributed by atoms with Gasteiger partial charge in [0, 0.05) is 47.4 Å². The fraction of sp³-hybridized carbons (Fsp3) is 0.182. The van der Waals surface area contributed by atoms with E-state index < -0.39 is 14.6 Å². The van der Waals surface area contributed by atoms with Crippen LogP contribution in [0, 0.1) is 0 Å². The van der Waals surface area contributed by atoms with Gasteiger partial charge in [-0.15, -0.1) is 0 Å². The second-order valence-corrected chi connectivity index (χ2v) is 18.2. The molecule has 0 unspecified atom stereocenters. The van der Waals surface area contributed by atoms with Crippen LogP contribution in [0.1, 0.15) is 36.8 Å². The normalized spacial score (nSPS) is 12.0. The molecule has 0 amide bonds. The van der Waals surface area contributed by atoms with Crippen LogP contribution in [0.4, 0.5) is 0 Å². The largest absolute Gasteiger partial charge is 0.296 e. The van der Waals surface area contributed by atoms with E-state index in [-0.39, 0.29) is 0 Å². The van der Waals surface area contributed by atoms with Gasteiger partial charge in [-0.25, -0.2) is 9.34 Å². The van der Waals surface area contributed by atoms with Crippen LogP contribution in [0.2, 0.25) is 0 Å². The first-order chi connectivity index (χ1) is 24.6. The van der Waals surface area contributed by atoms with Crippen LogP contribution >= 0.6 is 14.6 Å². The summed E-state index contributed by atoms with van der Waals surface area (Å²) in [6, 6.07) is 60.5. The van der Waals surface area contributed by atoms with Crippen LogP contribution in [-0.2, 0) is 22.2 Å². The van der Waals surface area contributed by atoms with E-state index in [2.05, 4.69) is 33.6 Å². The van der Waals surface area contributed by atoms with E-state index in [0.29, 0.717) is 26.2 Å². The van der Waals surface area contributed by atoms with Crippen LogP contribution in [0.25, 0.3) is 0 Å². The monoisotopic (exact) mass is 696 g/mol. The average molecular weight is 697 g/mol. The maximum Gasteiger partial charge on any atom is 0.207 e. The Morgan fingerprint density at radius 3 is 0.820 bits per heavy atom. The highest BCUT2D eigenvalue weighted by atomic mass is 31.2. The number of benzene rings is 6. The van der Waals surface area contributed by atoms with Crippen LogP contribution in [0.5, 0.6) is 0 Å². The van der Waals surface area contributed by atoms with E-state index >= 15 is 9.13 Å². The molecule has 6 heteroatoms. The zero-order valence-corrected chi connectivity index (χ0v) is 30.4. The molecule has 6 aromatic carbocycles. The van der Waals surface area contributed by atoms with Crippen molar-refractivity contribution in [3.63, 3.8) is 0 Å². The van der Waals surface area contributed by atoms with Gasteiger partial charge in [0.2, 0.25) is 14.6 Å². The van der Waals surface area contributed by atoms with Gasteiger partial charge >= 0.3 is 0 Å². The standard InChI is InChI=1S/C44H46N2O2P2/c47-49(41-27-13-5-14-28-41,42-29-15-6-16-30-42)45(37-39-23-9-3-10-24-39)35-21-1-2-22-36-46(38-40-25-11-4-12-26-40)50(48,43-31-17-7-18-32-43)44-33-19-8-20-34-44/h3-20,23-34H,1-2,21-22,35-38H2. The lowest BCUT2D eigenvalue weighted by Crippen LogP contribution is -2.33. The Morgan fingerprint density at radius 2 is 0.560 bits per heavy atom. The minimum absolute atomic E-state index is 0.601. The molecule has 0 saturated carbocycles. The molecule has 0 aromatic heterocycles. The lowest BCUT2D eigenvalue weighted by Gasteiger charge is -2.33. The van der Waals surface area contributed by atoms with Crippen LogP contribution < -0.4 is 21.2 Å². The minimum atomic E-state index is -3.11. The van der Waals surface area contributed by atoms with E-state index in [1.54, 1.807) is 0 Å². The van der Waals surface area contributed by atoms with Crippen molar-refractivity contribution < 1.29 is 9.13 Å². The van der Waals surface area contributed by atoms with Gasteiger partial charge in [-0.05, 0) is 72.5 Å². The van der Waals surface area contributed by atoms with Crippen molar-refractivity contribution in [3.8, 4) is 0 Å². The van der Waals surface area contributed by atoms with Gasteiger partial charge in [-0.1, -0.05) is 146 Å². The fourth-order valence-corrected chi connectivity index (χ4v) is 12.4. The summed E-state index contributed by atoms with van der Waals surface area (Å²) < 4.78 is 35.2. The molecular weight excluding hydrogens is 650 g/mol. The smallest absolute Gasteiger partial charge is 0.207 e. The van der Waals surface area contributed by atoms with Crippen LogP contribution in [0.3, 0.4) is 0 Å². The Labute approximate surface area is 298 Å². The number of hydrogen-bond donors (Lipinski definition) is 0. The third-order valence-corrected chi connectivity index (χ3v) is 15.5. The number of rotatable bonds is 17. The molecule has 0 radical (unpaired) electrons. The quantitative estimate of drug-likeness (QED) is 0.0704. The van der Waals surface area contributed by atoms with Gasteiger partial charge < -0.3 is 0 Å². The lowest BCUT2D eigenvalue weighted by molar-refractivity contribution is 0.383. The number of unbranched alkanes of at least 4 members (excludes halogenated alkanes) is 3. The summed E-state index contributed by atoms with van der Waals surface area (Å²) in [6.07, 6.45) is 3.78. The lowest BCUT2D eigenvalue weighted by atomic mass is 10.1. The second-order valence-electron chi connectivity index (χ2n) is 12.7. The second kappa shape index (κ2) is 17.6. The van der Waals surface area contributed by atoms with Crippen LogP contribution in [0.15, 0.2) is 182 Å². The number of nitrogens with zero attached hydrogens (tertiary/aromatic N) is 2. The van der Waals surface area contributed by atoms with Gasteiger partial charge in [0.05, 0.1) is 0 Å². The highest BCUT2D eigenvalue weighted by molar-refractivity contribution is 7.77. The SMILES string of the molecule is O=P(c1ccccc1)(c1ccccc1)N(CCCCCCN(Cc1ccccc1)P(=O)(c1ccccc1)c1ccccc1)Cc1ccccc1. The summed E-state index contributed by atoms with van der Waals surface area (Å²) in [4.78, 5) is 0. The Morgan fingerprint density at radius 1 is 0.320 bits per heavy atom. The highest BCUT2D eigenvalue weighted by Crippen LogP contribution is 2.50. The molecule has 0 aliphatic rings. The Bertz CT molecular complexity index is 1730. The van der Waals surface area contributed by atoms with Crippen molar-refractivity contribution in [2.24, 2.45) is 0 Å². The summed E-state index contributed by atoms with van der Waals surface area (Å²) in [5.74, 6) is 0. The van der Waals surface area contributed by atoms with E-state index in [1.165, 1.54) is 0 Å². The average Bonchev–Trinajstić information content (AvgIpc) is 3.19. The summed E-state index contributed by atoms with van der Waals surface area (Å²) in [6.45, 7) is 2.61. The first-order valence-corrected chi connectivity index (χ1v) is 20.9. The maximum atomic E-state index is 15.4. The molecule has 6 aromatic rings. The third kappa shape index (κ3) is 8.52. The summed E-state index contributed by atoms with van der Waals surface area (Å²) in [5, 5.41) is 3.43. The Hall–Kier alpha value is -4.30. The molecule has 0 aliphatic carbocycles. The molecule has 6 rings (SSSR count). The van der Waals surface area contributed by atoms with Crippen molar-refractivity contribution in [2.45, 2.75) is 38.8 Å². The summed E-state index contributed by atoms with van der Waals surface area (Å²) >= 11 is 0. The molecule has 4 nitrogen and oxygen atoms in total. The predicted octanol–water partition coefficient (Wildman–Crippen LogP) is 9.41. The molecule has 0 heterocycles. The predicted molar refractivity (Wildman–Crippen MR) is 212 cm³/mol. The van der Waals surface area contributed by atoms with Crippen molar-refractivity contribution in [1.82, 2.24) is 9.34 Å². The minimum Gasteiger partial charge on any atom is -0.296 e. The van der Waals surface area contributed by atoms with E-state index in [1.807, 2.05) is 158 Å². The first kappa shape index (κ1) is 35.5. The van der Waals surface area contributed by atoms with E-state index in [0.717, 1.165) is 58.0 Å². The van der Waals surface area contributed by atoms with Gasteiger partial charge in [-0.3, -0.25) is 9.13 Å². The maximum absolute atomic E-state index is 15.4. The zero-order chi connectivity index (χ0) is 34.5. The number of hydrogen-bond acceptors (Lipinski definition) is 2. The molecule has 0 bridgehead atoms. The molecule has 0 atom stereocenters. The van der Waals surface area contributed by atoms with Gasteiger partial charge in [-0.2, -0.15) is 0 Å². The Balaban J connectivity index is 1.20. The summed E-state index contributed by atoms with van der Waals surface area (Å²) in [7, 11) is -6.22. The van der Waals surface area contributed by atoms with Gasteiger partial charge in [0.25, 0.3) is 0 Å². The van der Waals surface area contributed by atoms with Crippen LogP contribution in [-0.4, -0.2) is 22.4 Å². The topological polar surface area (TPSA) is 40.6 Å². The van der Waals surface area contributed by atoms with Crippen molar-refractivity contribution >= 4 is 35.8 Å². The molecule has 0 spiro atoms. The molecule has 0 saturated heterocycles. The fourth-order valence-electron chi connectivity index (χ4n) is 6.64. The first-order valence-electron chi connectivity index (χ1n) is 17.6. The van der Waals surface area contributed by atoms with Crippen molar-refractivity contribution in [1.29, 1.82) is 0 Å². The zero-order valence-electron chi connectivity index (χ0n) is 28.6. The van der Waals surface area contributed by atoms with Crippen molar-refractivity contribution in [3.05, 3.63) is 193 Å². The molecule has 0 fully saturated rings. The van der Waals surface area contributed by atoms with E-state index in [4.69, 9.17) is 0 Å². The van der Waals surface area contributed by atoms with Gasteiger partial charge in [0.1, 0.15) is 0 Å². The van der Waals surface area contributed by atoms with E-state index in [9.17, 15) is 0 Å². The molecule has 0 N–H and O–H groups in total. The van der Waals surface area contributed by atoms with Crippen molar-refractivity contribution in [2.75, 3.05) is 13.1 Å². The molecule has 254 valence electrons. The highest BCUT2D eigenvalue weighted by Gasteiger charge is 2.35. The third-order valence-electron chi connectivity index (χ3n) is 9.22. The molecule has 50 heavy (non-hydrogen) atoms.